The number of carbonyl (C=O) groups excluding carboxylic acids is 1. The molecule has 0 aromatic heterocycles. The summed E-state index contributed by atoms with van der Waals surface area (Å²) in [6.07, 6.45) is 5.35. The van der Waals surface area contributed by atoms with Gasteiger partial charge in [0, 0.05) is 17.9 Å². The van der Waals surface area contributed by atoms with Crippen molar-refractivity contribution < 1.29 is 4.79 Å². The number of Topliss-reactive ketones (excluding diaryl/α,β-unsaturated/α-hetero) is 1. The van der Waals surface area contributed by atoms with E-state index in [2.05, 4.69) is 6.92 Å². The Hall–Kier alpha value is -0.370. The zero-order chi connectivity index (χ0) is 9.90. The highest BCUT2D eigenvalue weighted by molar-refractivity contribution is 5.87. The monoisotopic (exact) mass is 183 g/mol. The maximum Gasteiger partial charge on any atom is 0.143 e. The van der Waals surface area contributed by atoms with Crippen molar-refractivity contribution in [2.24, 2.45) is 17.1 Å². The fourth-order valence-corrected chi connectivity index (χ4v) is 2.31. The Balaban J connectivity index is 2.70. The molecule has 1 fully saturated rings. The minimum absolute atomic E-state index is 0.143. The molecule has 76 valence electrons. The molecule has 0 saturated heterocycles. The van der Waals surface area contributed by atoms with E-state index in [0.29, 0.717) is 12.3 Å². The van der Waals surface area contributed by atoms with Gasteiger partial charge in [-0.25, -0.2) is 0 Å². The third-order valence-electron chi connectivity index (χ3n) is 3.53. The number of ketones is 1. The van der Waals surface area contributed by atoms with Crippen LogP contribution in [0.4, 0.5) is 0 Å². The highest BCUT2D eigenvalue weighted by Crippen LogP contribution is 2.40. The van der Waals surface area contributed by atoms with E-state index in [0.717, 1.165) is 19.3 Å². The van der Waals surface area contributed by atoms with Gasteiger partial charge in [-0.2, -0.15) is 0 Å². The Morgan fingerprint density at radius 2 is 2.00 bits per heavy atom. The van der Waals surface area contributed by atoms with Crippen LogP contribution in [0.25, 0.3) is 0 Å². The summed E-state index contributed by atoms with van der Waals surface area (Å²) in [5.41, 5.74) is 5.60. The van der Waals surface area contributed by atoms with Gasteiger partial charge in [-0.05, 0) is 19.3 Å². The van der Waals surface area contributed by atoms with Crippen molar-refractivity contribution in [2.75, 3.05) is 6.54 Å². The molecule has 1 unspecified atom stereocenters. The van der Waals surface area contributed by atoms with Crippen molar-refractivity contribution in [3.63, 3.8) is 0 Å². The Labute approximate surface area is 80.9 Å². The van der Waals surface area contributed by atoms with Crippen LogP contribution >= 0.6 is 0 Å². The van der Waals surface area contributed by atoms with Crippen molar-refractivity contribution in [3.05, 3.63) is 0 Å². The Bertz CT molecular complexity index is 183. The van der Waals surface area contributed by atoms with Crippen molar-refractivity contribution in [1.29, 1.82) is 0 Å². The standard InChI is InChI=1S/C11H21NO/c1-3-9(2)10(13)11(8-12)6-4-5-7-11/h9H,3-8,12H2,1-2H3. The van der Waals surface area contributed by atoms with Crippen LogP contribution in [0.2, 0.25) is 0 Å². The molecule has 0 aromatic carbocycles. The zero-order valence-corrected chi connectivity index (χ0v) is 8.81. The van der Waals surface area contributed by atoms with Gasteiger partial charge < -0.3 is 5.73 Å². The second kappa shape index (κ2) is 4.23. The molecule has 0 heterocycles. The fraction of sp³-hybridized carbons (Fsp3) is 0.909. The highest BCUT2D eigenvalue weighted by atomic mass is 16.1. The van der Waals surface area contributed by atoms with Gasteiger partial charge in [-0.1, -0.05) is 26.7 Å². The summed E-state index contributed by atoms with van der Waals surface area (Å²) in [5.74, 6) is 0.608. The molecule has 0 spiro atoms. The van der Waals surface area contributed by atoms with Gasteiger partial charge in [0.2, 0.25) is 0 Å². The molecule has 1 aliphatic carbocycles. The summed E-state index contributed by atoms with van der Waals surface area (Å²) < 4.78 is 0. The third kappa shape index (κ3) is 1.93. The summed E-state index contributed by atoms with van der Waals surface area (Å²) in [4.78, 5) is 12.0. The first-order valence-electron chi connectivity index (χ1n) is 5.40. The predicted octanol–water partition coefficient (Wildman–Crippen LogP) is 2.12. The maximum absolute atomic E-state index is 12.0. The molecule has 1 saturated carbocycles. The van der Waals surface area contributed by atoms with E-state index >= 15 is 0 Å². The molecule has 0 aromatic rings. The molecule has 1 aliphatic rings. The maximum atomic E-state index is 12.0. The quantitative estimate of drug-likeness (QED) is 0.725. The number of hydrogen-bond donors (Lipinski definition) is 1. The van der Waals surface area contributed by atoms with Gasteiger partial charge in [0.05, 0.1) is 0 Å². The van der Waals surface area contributed by atoms with Gasteiger partial charge in [0.25, 0.3) is 0 Å². The molecule has 2 nitrogen and oxygen atoms in total. The zero-order valence-electron chi connectivity index (χ0n) is 8.81. The van der Waals surface area contributed by atoms with Gasteiger partial charge in [0.15, 0.2) is 0 Å². The van der Waals surface area contributed by atoms with Crippen LogP contribution < -0.4 is 5.73 Å². The second-order valence-corrected chi connectivity index (χ2v) is 4.37. The van der Waals surface area contributed by atoms with Crippen molar-refractivity contribution in [3.8, 4) is 0 Å². The van der Waals surface area contributed by atoms with Gasteiger partial charge in [0.1, 0.15) is 5.78 Å². The van der Waals surface area contributed by atoms with Crippen molar-refractivity contribution in [2.45, 2.75) is 46.0 Å². The molecule has 13 heavy (non-hydrogen) atoms. The lowest BCUT2D eigenvalue weighted by Crippen LogP contribution is -2.39. The van der Waals surface area contributed by atoms with Crippen LogP contribution in [0.1, 0.15) is 46.0 Å². The van der Waals surface area contributed by atoms with Crippen LogP contribution in [0.5, 0.6) is 0 Å². The molecule has 0 amide bonds. The molecule has 1 atom stereocenters. The second-order valence-electron chi connectivity index (χ2n) is 4.37. The van der Waals surface area contributed by atoms with Gasteiger partial charge in [-0.15, -0.1) is 0 Å². The van der Waals surface area contributed by atoms with Crippen molar-refractivity contribution >= 4 is 5.78 Å². The van der Waals surface area contributed by atoms with Crippen LogP contribution in [-0.4, -0.2) is 12.3 Å². The topological polar surface area (TPSA) is 43.1 Å². The van der Waals surface area contributed by atoms with Crippen molar-refractivity contribution in [1.82, 2.24) is 0 Å². The summed E-state index contributed by atoms with van der Waals surface area (Å²) >= 11 is 0. The predicted molar refractivity (Wildman–Crippen MR) is 54.4 cm³/mol. The van der Waals surface area contributed by atoms with Gasteiger partial charge >= 0.3 is 0 Å². The average Bonchev–Trinajstić information content (AvgIpc) is 2.65. The highest BCUT2D eigenvalue weighted by Gasteiger charge is 2.40. The van der Waals surface area contributed by atoms with Crippen LogP contribution in [-0.2, 0) is 4.79 Å². The molecular weight excluding hydrogens is 162 g/mol. The molecule has 0 aliphatic heterocycles. The van der Waals surface area contributed by atoms with E-state index in [1.165, 1.54) is 12.8 Å². The average molecular weight is 183 g/mol. The Kier molecular flexibility index (Phi) is 3.48. The van der Waals surface area contributed by atoms with E-state index in [1.807, 2.05) is 6.92 Å². The van der Waals surface area contributed by atoms with Crippen LogP contribution in [0, 0.1) is 11.3 Å². The first-order valence-corrected chi connectivity index (χ1v) is 5.40. The smallest absolute Gasteiger partial charge is 0.143 e. The molecule has 2 N–H and O–H groups in total. The largest absolute Gasteiger partial charge is 0.329 e. The Morgan fingerprint density at radius 3 is 2.38 bits per heavy atom. The summed E-state index contributed by atoms with van der Waals surface area (Å²) in [6, 6.07) is 0. The van der Waals surface area contributed by atoms with E-state index in [-0.39, 0.29) is 11.3 Å². The molecule has 0 bridgehead atoms. The SMILES string of the molecule is CCC(C)C(=O)C1(CN)CCCC1. The summed E-state index contributed by atoms with van der Waals surface area (Å²) in [5, 5.41) is 0. The number of nitrogens with two attached hydrogens (primary N) is 1. The minimum atomic E-state index is -0.143. The number of hydrogen-bond acceptors (Lipinski definition) is 2. The van der Waals surface area contributed by atoms with Crippen LogP contribution in [0.3, 0.4) is 0 Å². The van der Waals surface area contributed by atoms with E-state index in [4.69, 9.17) is 5.73 Å². The van der Waals surface area contributed by atoms with Crippen LogP contribution in [0.15, 0.2) is 0 Å². The lowest BCUT2D eigenvalue weighted by atomic mass is 9.76. The number of rotatable bonds is 4. The lowest BCUT2D eigenvalue weighted by molar-refractivity contribution is -0.131. The molecule has 2 heteroatoms. The molecule has 0 radical (unpaired) electrons. The van der Waals surface area contributed by atoms with E-state index in [1.54, 1.807) is 0 Å². The summed E-state index contributed by atoms with van der Waals surface area (Å²) in [7, 11) is 0. The summed E-state index contributed by atoms with van der Waals surface area (Å²) in [6.45, 7) is 4.65. The molecular formula is C11H21NO. The first kappa shape index (κ1) is 10.7. The van der Waals surface area contributed by atoms with E-state index < -0.39 is 0 Å². The minimum Gasteiger partial charge on any atom is -0.329 e. The van der Waals surface area contributed by atoms with E-state index in [9.17, 15) is 4.79 Å². The fourth-order valence-electron chi connectivity index (χ4n) is 2.31. The lowest BCUT2D eigenvalue weighted by Gasteiger charge is -2.28. The number of carbonyl (C=O) groups is 1. The van der Waals surface area contributed by atoms with Gasteiger partial charge in [-0.3, -0.25) is 4.79 Å². The first-order chi connectivity index (χ1) is 6.16. The Morgan fingerprint density at radius 1 is 1.46 bits per heavy atom. The normalized spacial score (nSPS) is 23.0. The third-order valence-corrected chi connectivity index (χ3v) is 3.53. The molecule has 1 rings (SSSR count).